The number of hydrogen-bond acceptors (Lipinski definition) is 3. The van der Waals surface area contributed by atoms with Crippen molar-refractivity contribution in [1.82, 2.24) is 0 Å². The Morgan fingerprint density at radius 2 is 2.00 bits per heavy atom. The Morgan fingerprint density at radius 1 is 1.38 bits per heavy atom. The topological polar surface area (TPSA) is 69.4 Å². The van der Waals surface area contributed by atoms with Gasteiger partial charge < -0.3 is 10.5 Å². The van der Waals surface area contributed by atoms with Crippen LogP contribution < -0.4 is 5.73 Å². The summed E-state index contributed by atoms with van der Waals surface area (Å²) in [5.74, 6) is -0.470. The summed E-state index contributed by atoms with van der Waals surface area (Å²) in [5, 5.41) is 0. The summed E-state index contributed by atoms with van der Waals surface area (Å²) in [6.07, 6.45) is 0. The van der Waals surface area contributed by atoms with E-state index in [0.29, 0.717) is 12.0 Å². The highest BCUT2D eigenvalue weighted by molar-refractivity contribution is 5.92. The standard InChI is InChI=1S/C9H9NO3/c10-9(12)8-3-1-7(2-4-8)5-13-6-11/h1-4,6H,5H2,(H2,10,12). The molecule has 4 nitrogen and oxygen atoms in total. The molecule has 0 unspecified atom stereocenters. The predicted octanol–water partition coefficient (Wildman–Crippen LogP) is 0.458. The molecule has 0 spiro atoms. The normalized spacial score (nSPS) is 9.23. The van der Waals surface area contributed by atoms with Gasteiger partial charge in [0.15, 0.2) is 0 Å². The minimum atomic E-state index is -0.470. The first-order valence-corrected chi connectivity index (χ1v) is 3.68. The summed E-state index contributed by atoms with van der Waals surface area (Å²) in [5.41, 5.74) is 6.29. The van der Waals surface area contributed by atoms with Crippen LogP contribution in [0.15, 0.2) is 24.3 Å². The smallest absolute Gasteiger partial charge is 0.293 e. The zero-order valence-corrected chi connectivity index (χ0v) is 6.90. The second-order valence-electron chi connectivity index (χ2n) is 2.47. The van der Waals surface area contributed by atoms with Crippen LogP contribution in [0.25, 0.3) is 0 Å². The third-order valence-electron chi connectivity index (χ3n) is 1.56. The number of carbonyl (C=O) groups is 2. The van der Waals surface area contributed by atoms with Crippen LogP contribution in [0.2, 0.25) is 0 Å². The van der Waals surface area contributed by atoms with Gasteiger partial charge in [-0.2, -0.15) is 0 Å². The molecule has 2 N–H and O–H groups in total. The van der Waals surface area contributed by atoms with Crippen molar-refractivity contribution in [3.8, 4) is 0 Å². The first-order valence-electron chi connectivity index (χ1n) is 3.68. The molecule has 0 heterocycles. The Hall–Kier alpha value is -1.84. The summed E-state index contributed by atoms with van der Waals surface area (Å²) in [4.78, 5) is 20.5. The molecule has 0 aliphatic heterocycles. The molecule has 0 aliphatic carbocycles. The van der Waals surface area contributed by atoms with Gasteiger partial charge in [0.05, 0.1) is 0 Å². The van der Waals surface area contributed by atoms with E-state index in [-0.39, 0.29) is 6.61 Å². The molecular weight excluding hydrogens is 170 g/mol. The average molecular weight is 179 g/mol. The Labute approximate surface area is 75.3 Å². The van der Waals surface area contributed by atoms with Gasteiger partial charge in [-0.15, -0.1) is 0 Å². The van der Waals surface area contributed by atoms with Crippen molar-refractivity contribution in [2.75, 3.05) is 0 Å². The lowest BCUT2D eigenvalue weighted by Crippen LogP contribution is -2.10. The highest BCUT2D eigenvalue weighted by Crippen LogP contribution is 2.04. The quantitative estimate of drug-likeness (QED) is 0.682. The van der Waals surface area contributed by atoms with E-state index in [2.05, 4.69) is 4.74 Å². The number of hydrogen-bond donors (Lipinski definition) is 1. The van der Waals surface area contributed by atoms with E-state index in [4.69, 9.17) is 5.73 Å². The van der Waals surface area contributed by atoms with Crippen LogP contribution >= 0.6 is 0 Å². The average Bonchev–Trinajstić information content (AvgIpc) is 2.15. The molecular formula is C9H9NO3. The summed E-state index contributed by atoms with van der Waals surface area (Å²) >= 11 is 0. The van der Waals surface area contributed by atoms with E-state index in [0.717, 1.165) is 5.56 Å². The monoisotopic (exact) mass is 179 g/mol. The van der Waals surface area contributed by atoms with Crippen molar-refractivity contribution in [1.29, 1.82) is 0 Å². The Bertz CT molecular complexity index is 305. The van der Waals surface area contributed by atoms with E-state index in [1.54, 1.807) is 24.3 Å². The van der Waals surface area contributed by atoms with Gasteiger partial charge in [-0.05, 0) is 17.7 Å². The van der Waals surface area contributed by atoms with E-state index in [1.165, 1.54) is 0 Å². The van der Waals surface area contributed by atoms with Gasteiger partial charge in [0.2, 0.25) is 5.91 Å². The molecule has 1 amide bonds. The highest BCUT2D eigenvalue weighted by Gasteiger charge is 1.99. The lowest BCUT2D eigenvalue weighted by molar-refractivity contribution is -0.129. The summed E-state index contributed by atoms with van der Waals surface area (Å²) in [6, 6.07) is 6.55. The molecule has 68 valence electrons. The zero-order valence-electron chi connectivity index (χ0n) is 6.90. The molecule has 13 heavy (non-hydrogen) atoms. The molecule has 4 heteroatoms. The van der Waals surface area contributed by atoms with Gasteiger partial charge in [-0.25, -0.2) is 0 Å². The number of primary amides is 1. The molecule has 1 rings (SSSR count). The van der Waals surface area contributed by atoms with Crippen LogP contribution in [0.4, 0.5) is 0 Å². The third kappa shape index (κ3) is 2.59. The van der Waals surface area contributed by atoms with Gasteiger partial charge in [0, 0.05) is 5.56 Å². The Kier molecular flexibility index (Phi) is 3.03. The largest absolute Gasteiger partial charge is 0.463 e. The maximum Gasteiger partial charge on any atom is 0.293 e. The molecule has 0 aromatic heterocycles. The van der Waals surface area contributed by atoms with Crippen molar-refractivity contribution in [3.63, 3.8) is 0 Å². The number of nitrogens with two attached hydrogens (primary N) is 1. The second-order valence-corrected chi connectivity index (χ2v) is 2.47. The minimum Gasteiger partial charge on any atom is -0.463 e. The Morgan fingerprint density at radius 3 is 2.46 bits per heavy atom. The van der Waals surface area contributed by atoms with Crippen molar-refractivity contribution >= 4 is 12.4 Å². The van der Waals surface area contributed by atoms with Gasteiger partial charge in [-0.3, -0.25) is 9.59 Å². The number of amides is 1. The van der Waals surface area contributed by atoms with E-state index < -0.39 is 5.91 Å². The first-order chi connectivity index (χ1) is 6.24. The van der Waals surface area contributed by atoms with E-state index >= 15 is 0 Å². The van der Waals surface area contributed by atoms with Crippen molar-refractivity contribution in [2.45, 2.75) is 6.61 Å². The SMILES string of the molecule is NC(=O)c1ccc(COC=O)cc1. The van der Waals surface area contributed by atoms with Gasteiger partial charge in [0.1, 0.15) is 6.61 Å². The first kappa shape index (κ1) is 9.25. The molecule has 0 aliphatic rings. The second kappa shape index (κ2) is 4.25. The predicted molar refractivity (Wildman–Crippen MR) is 45.8 cm³/mol. The Balaban J connectivity index is 2.69. The number of carbonyl (C=O) groups excluding carboxylic acids is 2. The minimum absolute atomic E-state index is 0.211. The lowest BCUT2D eigenvalue weighted by atomic mass is 10.1. The molecule has 1 aromatic rings. The summed E-state index contributed by atoms with van der Waals surface area (Å²) in [7, 11) is 0. The van der Waals surface area contributed by atoms with Crippen LogP contribution in [-0.4, -0.2) is 12.4 Å². The molecule has 0 saturated heterocycles. The molecule has 0 atom stereocenters. The van der Waals surface area contributed by atoms with E-state index in [1.807, 2.05) is 0 Å². The summed E-state index contributed by atoms with van der Waals surface area (Å²) < 4.78 is 4.52. The molecule has 0 saturated carbocycles. The molecule has 1 aromatic carbocycles. The van der Waals surface area contributed by atoms with Gasteiger partial charge in [0.25, 0.3) is 6.47 Å². The fourth-order valence-electron chi connectivity index (χ4n) is 0.895. The fraction of sp³-hybridized carbons (Fsp3) is 0.111. The number of rotatable bonds is 4. The fourth-order valence-corrected chi connectivity index (χ4v) is 0.895. The van der Waals surface area contributed by atoms with Crippen LogP contribution in [0.1, 0.15) is 15.9 Å². The maximum absolute atomic E-state index is 10.7. The number of ether oxygens (including phenoxy) is 1. The lowest BCUT2D eigenvalue weighted by Gasteiger charge is -1.99. The van der Waals surface area contributed by atoms with Crippen LogP contribution in [0.3, 0.4) is 0 Å². The van der Waals surface area contributed by atoms with Crippen LogP contribution in [0, 0.1) is 0 Å². The molecule has 0 bridgehead atoms. The van der Waals surface area contributed by atoms with Gasteiger partial charge >= 0.3 is 0 Å². The molecule has 0 radical (unpaired) electrons. The summed E-state index contributed by atoms with van der Waals surface area (Å²) in [6.45, 7) is 0.588. The third-order valence-corrected chi connectivity index (χ3v) is 1.56. The van der Waals surface area contributed by atoms with E-state index in [9.17, 15) is 9.59 Å². The van der Waals surface area contributed by atoms with Crippen molar-refractivity contribution < 1.29 is 14.3 Å². The highest BCUT2D eigenvalue weighted by atomic mass is 16.5. The molecule has 0 fully saturated rings. The van der Waals surface area contributed by atoms with Crippen molar-refractivity contribution in [3.05, 3.63) is 35.4 Å². The number of benzene rings is 1. The van der Waals surface area contributed by atoms with Crippen molar-refractivity contribution in [2.24, 2.45) is 5.73 Å². The van der Waals surface area contributed by atoms with Gasteiger partial charge in [-0.1, -0.05) is 12.1 Å². The van der Waals surface area contributed by atoms with Crippen LogP contribution in [-0.2, 0) is 16.1 Å². The maximum atomic E-state index is 10.7. The zero-order chi connectivity index (χ0) is 9.68. The van der Waals surface area contributed by atoms with Crippen LogP contribution in [0.5, 0.6) is 0 Å².